The summed E-state index contributed by atoms with van der Waals surface area (Å²) in [5.41, 5.74) is 10.1. The summed E-state index contributed by atoms with van der Waals surface area (Å²) in [5.74, 6) is 0. The first-order valence-electron chi connectivity index (χ1n) is 15.3. The molecule has 10 rings (SSSR count). The third-order valence-corrected chi connectivity index (χ3v) is 9.30. The number of fused-ring (bicyclic) bond motifs is 10. The fraction of sp³-hybridized carbons (Fsp3) is 0. The zero-order valence-corrected chi connectivity index (χ0v) is 24.3. The van der Waals surface area contributed by atoms with E-state index in [0.717, 1.165) is 39.1 Å². The first-order valence-corrected chi connectivity index (χ1v) is 15.3. The monoisotopic (exact) mass is 574 g/mol. The number of imidazole rings is 1. The minimum atomic E-state index is 0.971. The summed E-state index contributed by atoms with van der Waals surface area (Å²) in [7, 11) is 0. The molecule has 210 valence electrons. The molecule has 4 heteroatoms. The maximum Gasteiger partial charge on any atom is 0.113 e. The maximum absolute atomic E-state index is 5.00. The fourth-order valence-corrected chi connectivity index (χ4v) is 7.43. The Morgan fingerprint density at radius 2 is 1.07 bits per heavy atom. The number of hydrogen-bond donors (Lipinski definition) is 0. The van der Waals surface area contributed by atoms with E-state index in [-0.39, 0.29) is 0 Å². The van der Waals surface area contributed by atoms with E-state index in [1.54, 1.807) is 0 Å². The summed E-state index contributed by atoms with van der Waals surface area (Å²) in [6.07, 6.45) is 1.94. The summed E-state index contributed by atoms with van der Waals surface area (Å²) >= 11 is 0. The molecule has 0 fully saturated rings. The fourth-order valence-electron chi connectivity index (χ4n) is 7.43. The molecule has 0 saturated carbocycles. The van der Waals surface area contributed by atoms with Crippen molar-refractivity contribution >= 4 is 65.4 Å². The summed E-state index contributed by atoms with van der Waals surface area (Å²) in [5, 5.41) is 7.53. The molecule has 4 nitrogen and oxygen atoms in total. The average Bonchev–Trinajstić information content (AvgIpc) is 3.79. The maximum atomic E-state index is 5.00. The number of nitrogens with zero attached hydrogens (tertiary/aromatic N) is 4. The van der Waals surface area contributed by atoms with Gasteiger partial charge in [-0.2, -0.15) is 0 Å². The number of para-hydroxylation sites is 4. The predicted octanol–water partition coefficient (Wildman–Crippen LogP) is 10.4. The number of aromatic nitrogens is 4. The van der Waals surface area contributed by atoms with E-state index in [2.05, 4.69) is 159 Å². The van der Waals surface area contributed by atoms with Crippen LogP contribution in [0.1, 0.15) is 0 Å². The first-order chi connectivity index (χ1) is 22.4. The van der Waals surface area contributed by atoms with Gasteiger partial charge in [-0.05, 0) is 65.4 Å². The Kier molecular flexibility index (Phi) is 4.96. The standard InChI is InChI=1S/C41H26N4/c1-3-13-28(14-4-1)43-26-42-40-36(43)20-11-21-37(40)45-33-19-10-9-18-31(33)39-35(45)25-23-32-38-30-17-8-7-12-27(30)22-24-34(38)44(41(32)39)29-15-5-2-6-16-29/h1-26H. The van der Waals surface area contributed by atoms with Crippen LogP contribution in [0.4, 0.5) is 0 Å². The topological polar surface area (TPSA) is 27.7 Å². The number of hydrogen-bond acceptors (Lipinski definition) is 1. The van der Waals surface area contributed by atoms with Crippen molar-refractivity contribution in [3.63, 3.8) is 0 Å². The van der Waals surface area contributed by atoms with Gasteiger partial charge in [0.15, 0.2) is 0 Å². The van der Waals surface area contributed by atoms with Crippen LogP contribution < -0.4 is 0 Å². The molecule has 0 unspecified atom stereocenters. The Hall–Kier alpha value is -6.13. The molecule has 0 radical (unpaired) electrons. The Morgan fingerprint density at radius 3 is 1.91 bits per heavy atom. The molecule has 45 heavy (non-hydrogen) atoms. The van der Waals surface area contributed by atoms with Gasteiger partial charge < -0.3 is 9.13 Å². The van der Waals surface area contributed by atoms with E-state index in [9.17, 15) is 0 Å². The molecule has 0 bridgehead atoms. The Labute approximate surface area is 258 Å². The Bertz CT molecular complexity index is 2750. The van der Waals surface area contributed by atoms with Crippen LogP contribution in [0.15, 0.2) is 158 Å². The molecule has 0 amide bonds. The molecule has 0 aliphatic heterocycles. The SMILES string of the molecule is c1ccc(-n2cnc3c(-n4c5ccccc5c5c4ccc4c6c7ccccc7ccc6n(-c6ccccc6)c45)cccc32)cc1. The van der Waals surface area contributed by atoms with Crippen molar-refractivity contribution in [2.24, 2.45) is 0 Å². The average molecular weight is 575 g/mol. The molecule has 7 aromatic carbocycles. The van der Waals surface area contributed by atoms with Crippen molar-refractivity contribution in [2.45, 2.75) is 0 Å². The van der Waals surface area contributed by atoms with Gasteiger partial charge >= 0.3 is 0 Å². The second-order valence-electron chi connectivity index (χ2n) is 11.7. The highest BCUT2D eigenvalue weighted by molar-refractivity contribution is 6.30. The van der Waals surface area contributed by atoms with Gasteiger partial charge in [-0.25, -0.2) is 4.98 Å². The lowest BCUT2D eigenvalue weighted by Gasteiger charge is -2.11. The molecule has 0 aliphatic rings. The Morgan fingerprint density at radius 1 is 0.400 bits per heavy atom. The number of benzene rings is 7. The highest BCUT2D eigenvalue weighted by Gasteiger charge is 2.23. The minimum Gasteiger partial charge on any atom is -0.309 e. The summed E-state index contributed by atoms with van der Waals surface area (Å²) in [4.78, 5) is 5.00. The largest absolute Gasteiger partial charge is 0.309 e. The molecular weight excluding hydrogens is 548 g/mol. The molecule has 10 aromatic rings. The summed E-state index contributed by atoms with van der Waals surface area (Å²) in [6.45, 7) is 0. The molecular formula is C41H26N4. The van der Waals surface area contributed by atoms with Crippen LogP contribution in [0.3, 0.4) is 0 Å². The van der Waals surface area contributed by atoms with E-state index >= 15 is 0 Å². The molecule has 0 aliphatic carbocycles. The molecule has 0 saturated heterocycles. The zero-order chi connectivity index (χ0) is 29.5. The molecule has 0 atom stereocenters. The molecule has 0 spiro atoms. The van der Waals surface area contributed by atoms with Gasteiger partial charge in [0.1, 0.15) is 11.8 Å². The van der Waals surface area contributed by atoms with Crippen LogP contribution in [0.2, 0.25) is 0 Å². The van der Waals surface area contributed by atoms with Gasteiger partial charge in [-0.3, -0.25) is 4.57 Å². The van der Waals surface area contributed by atoms with E-state index in [1.807, 2.05) is 12.4 Å². The zero-order valence-electron chi connectivity index (χ0n) is 24.3. The summed E-state index contributed by atoms with van der Waals surface area (Å²) < 4.78 is 7.03. The second-order valence-corrected chi connectivity index (χ2v) is 11.7. The predicted molar refractivity (Wildman–Crippen MR) is 187 cm³/mol. The Balaban J connectivity index is 1.39. The molecule has 3 heterocycles. The third-order valence-electron chi connectivity index (χ3n) is 9.30. The van der Waals surface area contributed by atoms with Crippen LogP contribution in [-0.2, 0) is 0 Å². The van der Waals surface area contributed by atoms with Crippen molar-refractivity contribution in [1.29, 1.82) is 0 Å². The van der Waals surface area contributed by atoms with Crippen LogP contribution >= 0.6 is 0 Å². The number of rotatable bonds is 3. The van der Waals surface area contributed by atoms with Gasteiger partial charge in [0, 0.05) is 32.9 Å². The van der Waals surface area contributed by atoms with E-state index < -0.39 is 0 Å². The van der Waals surface area contributed by atoms with E-state index in [4.69, 9.17) is 4.98 Å². The lowest BCUT2D eigenvalue weighted by molar-refractivity contribution is 1.09. The van der Waals surface area contributed by atoms with Gasteiger partial charge in [-0.15, -0.1) is 0 Å². The van der Waals surface area contributed by atoms with Crippen molar-refractivity contribution in [3.05, 3.63) is 158 Å². The summed E-state index contributed by atoms with van der Waals surface area (Å²) in [6, 6.07) is 54.4. The van der Waals surface area contributed by atoms with Gasteiger partial charge in [-0.1, -0.05) is 97.1 Å². The van der Waals surface area contributed by atoms with Crippen molar-refractivity contribution in [3.8, 4) is 17.1 Å². The van der Waals surface area contributed by atoms with E-state index in [0.29, 0.717) is 0 Å². The van der Waals surface area contributed by atoms with Crippen molar-refractivity contribution in [1.82, 2.24) is 18.7 Å². The van der Waals surface area contributed by atoms with Crippen LogP contribution in [-0.4, -0.2) is 18.7 Å². The highest BCUT2D eigenvalue weighted by atomic mass is 15.1. The van der Waals surface area contributed by atoms with Gasteiger partial charge in [0.05, 0.1) is 33.3 Å². The van der Waals surface area contributed by atoms with Crippen molar-refractivity contribution in [2.75, 3.05) is 0 Å². The van der Waals surface area contributed by atoms with Gasteiger partial charge in [0.25, 0.3) is 0 Å². The van der Waals surface area contributed by atoms with Crippen molar-refractivity contribution < 1.29 is 0 Å². The normalized spacial score (nSPS) is 12.0. The quantitative estimate of drug-likeness (QED) is 0.206. The van der Waals surface area contributed by atoms with Crippen LogP contribution in [0, 0.1) is 0 Å². The molecule has 0 N–H and O–H groups in total. The van der Waals surface area contributed by atoms with E-state index in [1.165, 1.54) is 43.4 Å². The van der Waals surface area contributed by atoms with Crippen LogP contribution in [0.25, 0.3) is 82.5 Å². The minimum absolute atomic E-state index is 0.971. The van der Waals surface area contributed by atoms with Crippen LogP contribution in [0.5, 0.6) is 0 Å². The first kappa shape index (κ1) is 24.3. The smallest absolute Gasteiger partial charge is 0.113 e. The lowest BCUT2D eigenvalue weighted by Crippen LogP contribution is -1.97. The molecule has 3 aromatic heterocycles. The van der Waals surface area contributed by atoms with Gasteiger partial charge in [0.2, 0.25) is 0 Å². The highest BCUT2D eigenvalue weighted by Crippen LogP contribution is 2.44. The third kappa shape index (κ3) is 3.34. The second kappa shape index (κ2) is 9.18. The lowest BCUT2D eigenvalue weighted by atomic mass is 10.0.